The summed E-state index contributed by atoms with van der Waals surface area (Å²) in [7, 11) is 1.22. The normalized spacial score (nSPS) is 5.50. The van der Waals surface area contributed by atoms with Crippen molar-refractivity contribution in [2.24, 2.45) is 0 Å². The molecule has 0 unspecified atom stereocenters. The summed E-state index contributed by atoms with van der Waals surface area (Å²) >= 11 is 13.8. The fraction of sp³-hybridized carbons (Fsp3) is 0. The molecule has 8 heavy (non-hydrogen) atoms. The number of hydrogen-bond donors (Lipinski definition) is 0. The molecule has 0 atom stereocenters. The Hall–Kier alpha value is 1.14. The third-order valence-corrected chi connectivity index (χ3v) is 1.91. The van der Waals surface area contributed by atoms with Gasteiger partial charge in [0, 0.05) is 0 Å². The van der Waals surface area contributed by atoms with E-state index in [9.17, 15) is 0 Å². The van der Waals surface area contributed by atoms with Crippen molar-refractivity contribution in [3.63, 3.8) is 0 Å². The van der Waals surface area contributed by atoms with Gasteiger partial charge in [-0.25, -0.2) is 0 Å². The van der Waals surface area contributed by atoms with Crippen molar-refractivity contribution in [3.8, 4) is 0 Å². The second-order valence-corrected chi connectivity index (χ2v) is 2.67. The van der Waals surface area contributed by atoms with Crippen molar-refractivity contribution in [1.29, 1.82) is 0 Å². The first-order valence-electron chi connectivity index (χ1n) is 1.87. The zero-order valence-corrected chi connectivity index (χ0v) is 7.21. The van der Waals surface area contributed by atoms with Crippen LogP contribution in [0.5, 0.6) is 0 Å². The molecule has 0 saturated carbocycles. The van der Waals surface area contributed by atoms with Gasteiger partial charge in [-0.1, -0.05) is 0 Å². The van der Waals surface area contributed by atoms with Crippen LogP contribution in [0.4, 0.5) is 0 Å². The zero-order valence-electron chi connectivity index (χ0n) is 3.94. The minimum absolute atomic E-state index is 0.113. The van der Waals surface area contributed by atoms with E-state index in [-0.39, 0.29) is 6.39 Å². The number of hydrogen-bond acceptors (Lipinski definition) is 3. The van der Waals surface area contributed by atoms with E-state index in [0.29, 0.717) is 0 Å². The molecule has 0 heterocycles. The molecule has 0 amide bonds. The molecule has 0 spiro atoms. The van der Waals surface area contributed by atoms with E-state index < -0.39 is 0 Å². The van der Waals surface area contributed by atoms with Gasteiger partial charge in [-0.3, -0.25) is 0 Å². The van der Waals surface area contributed by atoms with E-state index in [0.717, 1.165) is 0 Å². The van der Waals surface area contributed by atoms with Gasteiger partial charge in [0.05, 0.1) is 0 Å². The minimum atomic E-state index is 0.113. The van der Waals surface area contributed by atoms with Gasteiger partial charge in [-0.2, -0.15) is 0 Å². The Kier molecular flexibility index (Phi) is 7.15. The van der Waals surface area contributed by atoms with Crippen LogP contribution in [0.3, 0.4) is 0 Å². The topological polar surface area (TPSA) is 0 Å². The first-order valence-corrected chi connectivity index (χ1v) is 4.62. The van der Waals surface area contributed by atoms with Crippen molar-refractivity contribution in [1.82, 2.24) is 0 Å². The Morgan fingerprint density at radius 1 is 1.25 bits per heavy atom. The SMILES string of the molecule is S=BB(B=S)B=S=S. The maximum absolute atomic E-state index is 4.62. The Balaban J connectivity index is 3.87. The molecule has 0 fully saturated rings. The van der Waals surface area contributed by atoms with E-state index in [4.69, 9.17) is 0 Å². The van der Waals surface area contributed by atoms with Crippen LogP contribution in [0, 0.1) is 0 Å². The van der Waals surface area contributed by atoms with Gasteiger partial charge in [0.2, 0.25) is 0 Å². The summed E-state index contributed by atoms with van der Waals surface area (Å²) in [4.78, 5) is 0. The van der Waals surface area contributed by atoms with Crippen LogP contribution in [-0.2, 0) is 20.9 Å². The van der Waals surface area contributed by atoms with Crippen LogP contribution in [0.2, 0.25) is 0 Å². The van der Waals surface area contributed by atoms with Gasteiger partial charge in [0.1, 0.15) is 0 Å². The average Bonchev–Trinajstić information content (AvgIpc) is 1.83. The van der Waals surface area contributed by atoms with Crippen molar-refractivity contribution in [2.75, 3.05) is 0 Å². The van der Waals surface area contributed by atoms with Crippen molar-refractivity contribution in [2.45, 2.75) is 0 Å². The summed E-state index contributed by atoms with van der Waals surface area (Å²) in [5.41, 5.74) is 0. The summed E-state index contributed by atoms with van der Waals surface area (Å²) in [5.74, 6) is 0. The summed E-state index contributed by atoms with van der Waals surface area (Å²) in [6.45, 7) is 0. The average molecular weight is 172 g/mol. The molecule has 0 aliphatic carbocycles. The molecule has 0 bridgehead atoms. The Morgan fingerprint density at radius 2 is 1.75 bits per heavy atom. The Labute approximate surface area is 69.4 Å². The Bertz CT molecular complexity index is 125. The van der Waals surface area contributed by atoms with Gasteiger partial charge in [0.15, 0.2) is 0 Å². The quantitative estimate of drug-likeness (QED) is 0.539. The van der Waals surface area contributed by atoms with E-state index >= 15 is 0 Å². The van der Waals surface area contributed by atoms with Crippen LogP contribution < -0.4 is 0 Å². The molecule has 0 aliphatic rings. The van der Waals surface area contributed by atoms with E-state index in [1.54, 1.807) is 12.1 Å². The molecule has 0 aliphatic heterocycles. The molecule has 0 radical (unpaired) electrons. The Morgan fingerprint density at radius 3 is 1.88 bits per heavy atom. The number of rotatable bonds is 3. The van der Waals surface area contributed by atoms with E-state index in [1.807, 2.05) is 6.05 Å². The maximum atomic E-state index is 4.62. The van der Waals surface area contributed by atoms with Crippen LogP contribution in [0.25, 0.3) is 0 Å². The molecule has 36 valence electrons. The van der Waals surface area contributed by atoms with Gasteiger partial charge >= 0.3 is 69.6 Å². The molecular weight excluding hydrogens is 172 g/mol. The second-order valence-electron chi connectivity index (χ2n) is 1.08. The summed E-state index contributed by atoms with van der Waals surface area (Å²) < 4.78 is 0. The third kappa shape index (κ3) is 4.06. The van der Waals surface area contributed by atoms with Crippen LogP contribution in [0.1, 0.15) is 0 Å². The molecule has 0 aromatic carbocycles. The predicted molar refractivity (Wildman–Crippen MR) is 52.9 cm³/mol. The summed E-state index contributed by atoms with van der Waals surface area (Å²) in [5, 5.41) is 0. The molecular formula is B4S4. The first-order chi connectivity index (χ1) is 3.85. The third-order valence-electron chi connectivity index (χ3n) is 0.527. The molecule has 0 aromatic rings. The molecule has 0 rings (SSSR count). The predicted octanol–water partition coefficient (Wildman–Crippen LogP) is -0.232. The fourth-order valence-electron chi connectivity index (χ4n) is 0.160. The fourth-order valence-corrected chi connectivity index (χ4v) is 1.44. The molecule has 0 saturated heterocycles. The summed E-state index contributed by atoms with van der Waals surface area (Å²) in [6.07, 6.45) is 0.113. The van der Waals surface area contributed by atoms with Crippen LogP contribution in [-0.4, -0.2) is 24.5 Å². The molecule has 0 nitrogen and oxygen atoms in total. The van der Waals surface area contributed by atoms with E-state index in [2.05, 4.69) is 35.3 Å². The van der Waals surface area contributed by atoms with Gasteiger partial charge in [-0.05, 0) is 0 Å². The van der Waals surface area contributed by atoms with Crippen LogP contribution in [0.15, 0.2) is 0 Å². The van der Waals surface area contributed by atoms with Crippen molar-refractivity contribution in [3.05, 3.63) is 0 Å². The summed E-state index contributed by atoms with van der Waals surface area (Å²) in [6, 6.07) is 4.99. The second kappa shape index (κ2) is 6.26. The van der Waals surface area contributed by atoms with Gasteiger partial charge in [0.25, 0.3) is 0 Å². The molecule has 0 aromatic heterocycles. The molecule has 8 heteroatoms. The zero-order chi connectivity index (χ0) is 6.41. The monoisotopic (exact) mass is 172 g/mol. The van der Waals surface area contributed by atoms with Crippen molar-refractivity contribution >= 4 is 69.6 Å². The standard InChI is InChI=1S/B4S4/c5-1-4(2-6)3-8-7. The molecule has 0 N–H and O–H groups in total. The van der Waals surface area contributed by atoms with E-state index in [1.165, 1.54) is 9.75 Å². The van der Waals surface area contributed by atoms with Crippen LogP contribution >= 0.6 is 24.1 Å². The van der Waals surface area contributed by atoms with Crippen molar-refractivity contribution < 1.29 is 0 Å². The van der Waals surface area contributed by atoms with Gasteiger partial charge in [-0.15, -0.1) is 0 Å². The van der Waals surface area contributed by atoms with Gasteiger partial charge < -0.3 is 0 Å². The first kappa shape index (κ1) is 9.14.